The molecule has 0 radical (unpaired) electrons. The van der Waals surface area contributed by atoms with Gasteiger partial charge in [0.1, 0.15) is 5.52 Å². The third-order valence-electron chi connectivity index (χ3n) is 3.61. The van der Waals surface area contributed by atoms with Crippen LogP contribution in [0, 0.1) is 0 Å². The molecular weight excluding hydrogens is 314 g/mol. The molecule has 0 atom stereocenters. The molecule has 0 N–H and O–H groups in total. The van der Waals surface area contributed by atoms with Gasteiger partial charge in [0.15, 0.2) is 0 Å². The highest BCUT2D eigenvalue weighted by molar-refractivity contribution is 6.30. The van der Waals surface area contributed by atoms with Gasteiger partial charge in [-0.2, -0.15) is 4.98 Å². The molecule has 0 amide bonds. The molecular formula is C16H12ClN5O. The lowest BCUT2D eigenvalue weighted by Gasteiger charge is -1.96. The van der Waals surface area contributed by atoms with Crippen LogP contribution in [0.4, 0.5) is 0 Å². The highest BCUT2D eigenvalue weighted by Gasteiger charge is 2.11. The third kappa shape index (κ3) is 2.68. The van der Waals surface area contributed by atoms with Crippen molar-refractivity contribution in [1.82, 2.24) is 25.1 Å². The van der Waals surface area contributed by atoms with Crippen LogP contribution < -0.4 is 0 Å². The lowest BCUT2D eigenvalue weighted by Crippen LogP contribution is -1.89. The van der Waals surface area contributed by atoms with Crippen LogP contribution in [0.3, 0.4) is 0 Å². The molecule has 0 aliphatic rings. The molecule has 2 aromatic carbocycles. The van der Waals surface area contributed by atoms with Crippen molar-refractivity contribution in [3.63, 3.8) is 0 Å². The maximum absolute atomic E-state index is 5.88. The van der Waals surface area contributed by atoms with Crippen LogP contribution in [-0.2, 0) is 13.5 Å². The number of aromatic nitrogens is 5. The Balaban J connectivity index is 1.62. The van der Waals surface area contributed by atoms with Crippen LogP contribution in [0.25, 0.3) is 22.4 Å². The Morgan fingerprint density at radius 1 is 1.13 bits per heavy atom. The van der Waals surface area contributed by atoms with Gasteiger partial charge in [0.05, 0.1) is 11.9 Å². The van der Waals surface area contributed by atoms with Gasteiger partial charge in [-0.3, -0.25) is 0 Å². The zero-order valence-corrected chi connectivity index (χ0v) is 13.0. The van der Waals surface area contributed by atoms with E-state index >= 15 is 0 Å². The summed E-state index contributed by atoms with van der Waals surface area (Å²) in [6, 6.07) is 13.4. The second kappa shape index (κ2) is 5.48. The van der Waals surface area contributed by atoms with Crippen LogP contribution in [0.5, 0.6) is 0 Å². The first-order valence-corrected chi connectivity index (χ1v) is 7.44. The van der Waals surface area contributed by atoms with E-state index in [2.05, 4.69) is 20.5 Å². The number of nitrogens with zero attached hydrogens (tertiary/aromatic N) is 5. The molecule has 6 nitrogen and oxygen atoms in total. The first-order valence-electron chi connectivity index (χ1n) is 7.06. The van der Waals surface area contributed by atoms with Crippen molar-refractivity contribution in [2.24, 2.45) is 7.05 Å². The molecule has 0 spiro atoms. The normalized spacial score (nSPS) is 11.2. The van der Waals surface area contributed by atoms with Gasteiger partial charge < -0.3 is 4.52 Å². The van der Waals surface area contributed by atoms with Crippen molar-refractivity contribution in [2.75, 3.05) is 0 Å². The molecule has 0 saturated heterocycles. The summed E-state index contributed by atoms with van der Waals surface area (Å²) in [5.74, 6) is 1.10. The Kier molecular flexibility index (Phi) is 3.31. The summed E-state index contributed by atoms with van der Waals surface area (Å²) in [4.78, 5) is 4.45. The second-order valence-corrected chi connectivity index (χ2v) is 5.67. The van der Waals surface area contributed by atoms with Crippen LogP contribution in [0.15, 0.2) is 47.0 Å². The highest BCUT2D eigenvalue weighted by atomic mass is 35.5. The zero-order valence-electron chi connectivity index (χ0n) is 12.3. The fourth-order valence-corrected chi connectivity index (χ4v) is 2.53. The van der Waals surface area contributed by atoms with E-state index in [0.29, 0.717) is 23.2 Å². The molecule has 7 heteroatoms. The standard InChI is InChI=1S/C16H12ClN5O/c1-22-14-7-4-11(9-13(14)19-21-22)16-18-15(23-20-16)8-10-2-5-12(17)6-3-10/h2-7,9H,8H2,1H3. The second-order valence-electron chi connectivity index (χ2n) is 5.23. The van der Waals surface area contributed by atoms with Crippen molar-refractivity contribution >= 4 is 22.6 Å². The van der Waals surface area contributed by atoms with E-state index in [1.165, 1.54) is 0 Å². The SMILES string of the molecule is Cn1nnc2cc(-c3noc(Cc4ccc(Cl)cc4)n3)ccc21. The number of fused-ring (bicyclic) bond motifs is 1. The van der Waals surface area contributed by atoms with E-state index in [1.807, 2.05) is 49.5 Å². The fourth-order valence-electron chi connectivity index (χ4n) is 2.40. The minimum absolute atomic E-state index is 0.543. The molecule has 0 aliphatic carbocycles. The molecule has 0 bridgehead atoms. The van der Waals surface area contributed by atoms with Crippen LogP contribution in [0.1, 0.15) is 11.5 Å². The van der Waals surface area contributed by atoms with Gasteiger partial charge in [-0.15, -0.1) is 5.10 Å². The molecule has 2 heterocycles. The number of hydrogen-bond acceptors (Lipinski definition) is 5. The van der Waals surface area contributed by atoms with Crippen molar-refractivity contribution in [2.45, 2.75) is 6.42 Å². The van der Waals surface area contributed by atoms with Gasteiger partial charge in [0.2, 0.25) is 11.7 Å². The minimum Gasteiger partial charge on any atom is -0.339 e. The Hall–Kier alpha value is -2.73. The maximum Gasteiger partial charge on any atom is 0.231 e. The van der Waals surface area contributed by atoms with Crippen molar-refractivity contribution in [1.29, 1.82) is 0 Å². The third-order valence-corrected chi connectivity index (χ3v) is 3.86. The molecule has 0 aliphatic heterocycles. The molecule has 23 heavy (non-hydrogen) atoms. The van der Waals surface area contributed by atoms with Gasteiger partial charge in [-0.25, -0.2) is 4.68 Å². The van der Waals surface area contributed by atoms with Crippen LogP contribution >= 0.6 is 11.6 Å². The lowest BCUT2D eigenvalue weighted by molar-refractivity contribution is 0.385. The van der Waals surface area contributed by atoms with Gasteiger partial charge in [0, 0.05) is 17.6 Å². The molecule has 2 aromatic heterocycles. The zero-order chi connectivity index (χ0) is 15.8. The van der Waals surface area contributed by atoms with Crippen molar-refractivity contribution in [3.05, 3.63) is 58.9 Å². The predicted molar refractivity (Wildman–Crippen MR) is 86.1 cm³/mol. The maximum atomic E-state index is 5.88. The minimum atomic E-state index is 0.543. The number of rotatable bonds is 3. The quantitative estimate of drug-likeness (QED) is 0.578. The van der Waals surface area contributed by atoms with Crippen molar-refractivity contribution < 1.29 is 4.52 Å². The van der Waals surface area contributed by atoms with E-state index in [0.717, 1.165) is 22.2 Å². The largest absolute Gasteiger partial charge is 0.339 e. The molecule has 0 fully saturated rings. The van der Waals surface area contributed by atoms with Crippen LogP contribution in [0.2, 0.25) is 5.02 Å². The molecule has 4 rings (SSSR count). The van der Waals surface area contributed by atoms with Gasteiger partial charge in [-0.05, 0) is 35.9 Å². The average Bonchev–Trinajstić information content (AvgIpc) is 3.17. The summed E-state index contributed by atoms with van der Waals surface area (Å²) >= 11 is 5.88. The highest BCUT2D eigenvalue weighted by Crippen LogP contribution is 2.21. The summed E-state index contributed by atoms with van der Waals surface area (Å²) < 4.78 is 7.06. The first kappa shape index (κ1) is 13.9. The van der Waals surface area contributed by atoms with Gasteiger partial charge in [0.25, 0.3) is 0 Å². The smallest absolute Gasteiger partial charge is 0.231 e. The number of aryl methyl sites for hydroxylation is 1. The lowest BCUT2D eigenvalue weighted by atomic mass is 10.1. The van der Waals surface area contributed by atoms with Crippen LogP contribution in [-0.4, -0.2) is 25.1 Å². The predicted octanol–water partition coefficient (Wildman–Crippen LogP) is 3.26. The topological polar surface area (TPSA) is 69.6 Å². The Bertz CT molecular complexity index is 974. The molecule has 0 unspecified atom stereocenters. The van der Waals surface area contributed by atoms with E-state index in [-0.39, 0.29) is 0 Å². The number of halogens is 1. The summed E-state index contributed by atoms with van der Waals surface area (Å²) in [6.07, 6.45) is 0.567. The molecule has 114 valence electrons. The first-order chi connectivity index (χ1) is 11.2. The summed E-state index contributed by atoms with van der Waals surface area (Å²) in [7, 11) is 1.85. The Labute approximate surface area is 136 Å². The number of hydrogen-bond donors (Lipinski definition) is 0. The van der Waals surface area contributed by atoms with Gasteiger partial charge >= 0.3 is 0 Å². The fraction of sp³-hybridized carbons (Fsp3) is 0.125. The summed E-state index contributed by atoms with van der Waals surface area (Å²) in [5.41, 5.74) is 3.67. The average molecular weight is 326 g/mol. The Morgan fingerprint density at radius 3 is 2.78 bits per heavy atom. The summed E-state index contributed by atoms with van der Waals surface area (Å²) in [5, 5.41) is 12.8. The van der Waals surface area contributed by atoms with E-state index in [9.17, 15) is 0 Å². The molecule has 0 saturated carbocycles. The number of benzene rings is 2. The summed E-state index contributed by atoms with van der Waals surface area (Å²) in [6.45, 7) is 0. The van der Waals surface area contributed by atoms with E-state index in [1.54, 1.807) is 4.68 Å². The molecule has 4 aromatic rings. The van der Waals surface area contributed by atoms with E-state index in [4.69, 9.17) is 16.1 Å². The van der Waals surface area contributed by atoms with Gasteiger partial charge in [-0.1, -0.05) is 34.1 Å². The monoisotopic (exact) mass is 325 g/mol. The van der Waals surface area contributed by atoms with Crippen molar-refractivity contribution in [3.8, 4) is 11.4 Å². The van der Waals surface area contributed by atoms with E-state index < -0.39 is 0 Å². The Morgan fingerprint density at radius 2 is 1.96 bits per heavy atom.